The maximum atomic E-state index is 12.6. The molecule has 1 rings (SSSR count). The van der Waals surface area contributed by atoms with Crippen molar-refractivity contribution in [1.82, 2.24) is 0 Å². The number of nitrogens with two attached hydrogens (primary N) is 1. The number of rotatable bonds is 39. The molecule has 0 spiro atoms. The summed E-state index contributed by atoms with van der Waals surface area (Å²) in [6.07, 6.45) is 30.4. The van der Waals surface area contributed by atoms with Crippen LogP contribution in [0.5, 0.6) is 0 Å². The lowest BCUT2D eigenvalue weighted by atomic mass is 10.0. The van der Waals surface area contributed by atoms with Gasteiger partial charge < -0.3 is 29.9 Å². The highest BCUT2D eigenvalue weighted by atomic mass is 31.2. The highest BCUT2D eigenvalue weighted by molar-refractivity contribution is 7.47. The van der Waals surface area contributed by atoms with Crippen molar-refractivity contribution in [2.24, 2.45) is 5.73 Å². The van der Waals surface area contributed by atoms with Gasteiger partial charge in [0.1, 0.15) is 12.6 Å². The van der Waals surface area contributed by atoms with E-state index in [1.54, 1.807) is 0 Å². The number of esters is 2. The van der Waals surface area contributed by atoms with E-state index in [1.165, 1.54) is 103 Å². The van der Waals surface area contributed by atoms with Gasteiger partial charge >= 0.3 is 25.7 Å². The summed E-state index contributed by atoms with van der Waals surface area (Å²) in [6.45, 7) is 2.78. The van der Waals surface area contributed by atoms with Crippen molar-refractivity contribution in [2.75, 3.05) is 19.8 Å². The van der Waals surface area contributed by atoms with Crippen molar-refractivity contribution in [3.63, 3.8) is 0 Å². The number of carboxylic acids is 1. The monoisotopic (exact) mass is 778 g/mol. The molecule has 1 aliphatic rings. The van der Waals surface area contributed by atoms with Gasteiger partial charge in [-0.25, -0.2) is 4.57 Å². The Morgan fingerprint density at radius 3 is 1.47 bits per heavy atom. The molecule has 312 valence electrons. The Labute approximate surface area is 320 Å². The van der Waals surface area contributed by atoms with E-state index in [9.17, 15) is 23.8 Å². The van der Waals surface area contributed by atoms with E-state index in [1.807, 2.05) is 0 Å². The van der Waals surface area contributed by atoms with Crippen LogP contribution in [0, 0.1) is 0 Å². The van der Waals surface area contributed by atoms with Gasteiger partial charge in [-0.1, -0.05) is 155 Å². The SMILES string of the molecule is CCCCCCCCCCCCCCCC(=O)OCC(COP(=O)(O)OCC(N)C(=O)O)OC(=O)CCCCCCCCCC1OC1CCCCCC. The molecule has 12 nitrogen and oxygen atoms in total. The topological polar surface area (TPSA) is 184 Å². The van der Waals surface area contributed by atoms with Crippen LogP contribution in [-0.4, -0.2) is 72.1 Å². The number of carbonyl (C=O) groups excluding carboxylic acids is 2. The Hall–Kier alpha value is -1.56. The van der Waals surface area contributed by atoms with Crippen LogP contribution in [0.4, 0.5) is 0 Å². The predicted octanol–water partition coefficient (Wildman–Crippen LogP) is 9.72. The summed E-state index contributed by atoms with van der Waals surface area (Å²) in [5.74, 6) is -2.38. The van der Waals surface area contributed by atoms with Crippen LogP contribution in [-0.2, 0) is 42.2 Å². The van der Waals surface area contributed by atoms with E-state index >= 15 is 0 Å². The maximum Gasteiger partial charge on any atom is 0.472 e. The molecule has 0 saturated carbocycles. The molecule has 13 heteroatoms. The van der Waals surface area contributed by atoms with Gasteiger partial charge in [-0.15, -0.1) is 0 Å². The lowest BCUT2D eigenvalue weighted by molar-refractivity contribution is -0.161. The second kappa shape index (κ2) is 32.7. The van der Waals surface area contributed by atoms with Gasteiger partial charge in [0.05, 0.1) is 25.4 Å². The minimum absolute atomic E-state index is 0.156. The van der Waals surface area contributed by atoms with Gasteiger partial charge in [0.2, 0.25) is 0 Å². The second-order valence-electron chi connectivity index (χ2n) is 14.9. The zero-order valence-electron chi connectivity index (χ0n) is 33.3. The predicted molar refractivity (Wildman–Crippen MR) is 207 cm³/mol. The van der Waals surface area contributed by atoms with Gasteiger partial charge in [0.25, 0.3) is 0 Å². The average Bonchev–Trinajstić information content (AvgIpc) is 3.89. The molecular weight excluding hydrogens is 701 g/mol. The molecule has 0 aromatic heterocycles. The number of epoxide rings is 1. The number of phosphoric ester groups is 1. The van der Waals surface area contributed by atoms with Crippen molar-refractivity contribution in [3.05, 3.63) is 0 Å². The van der Waals surface area contributed by atoms with Crippen LogP contribution in [0.1, 0.15) is 194 Å². The zero-order valence-corrected chi connectivity index (χ0v) is 34.2. The molecule has 0 amide bonds. The molecule has 5 atom stereocenters. The third-order valence-electron chi connectivity index (χ3n) is 9.77. The molecule has 1 fully saturated rings. The summed E-state index contributed by atoms with van der Waals surface area (Å²) >= 11 is 0. The number of hydrogen-bond donors (Lipinski definition) is 3. The molecule has 5 unspecified atom stereocenters. The van der Waals surface area contributed by atoms with Crippen LogP contribution in [0.25, 0.3) is 0 Å². The minimum Gasteiger partial charge on any atom is -0.480 e. The highest BCUT2D eigenvalue weighted by Gasteiger charge is 2.36. The first-order chi connectivity index (χ1) is 25.6. The molecular formula is C40H76NO11P. The minimum atomic E-state index is -4.71. The molecule has 0 radical (unpaired) electrons. The van der Waals surface area contributed by atoms with Gasteiger partial charge in [-0.3, -0.25) is 23.4 Å². The molecule has 1 heterocycles. The highest BCUT2D eigenvalue weighted by Crippen LogP contribution is 2.43. The number of hydrogen-bond acceptors (Lipinski definition) is 10. The standard InChI is InChI=1S/C40H76NO11P/c1-3-5-7-9-10-11-12-13-14-15-18-21-25-29-38(42)48-31-34(32-49-53(46,47)50-33-35(41)40(44)45)51-39(43)30-26-22-19-16-17-20-24-28-37-36(52-37)27-23-8-6-4-2/h34-37H,3-33,41H2,1-2H3,(H,44,45)(H,46,47). The Balaban J connectivity index is 2.27. The smallest absolute Gasteiger partial charge is 0.472 e. The van der Waals surface area contributed by atoms with Crippen LogP contribution in [0.2, 0.25) is 0 Å². The summed E-state index contributed by atoms with van der Waals surface area (Å²) in [5.41, 5.74) is 5.33. The summed E-state index contributed by atoms with van der Waals surface area (Å²) in [6, 6.07) is -1.52. The molecule has 0 aromatic carbocycles. The normalized spacial score (nSPS) is 17.6. The van der Waals surface area contributed by atoms with Crippen LogP contribution < -0.4 is 5.73 Å². The molecule has 4 N–H and O–H groups in total. The molecule has 0 bridgehead atoms. The van der Waals surface area contributed by atoms with Crippen molar-refractivity contribution in [1.29, 1.82) is 0 Å². The van der Waals surface area contributed by atoms with E-state index in [2.05, 4.69) is 18.4 Å². The van der Waals surface area contributed by atoms with Crippen LogP contribution in [0.3, 0.4) is 0 Å². The number of ether oxygens (including phenoxy) is 3. The average molecular weight is 778 g/mol. The van der Waals surface area contributed by atoms with Crippen molar-refractivity contribution in [3.8, 4) is 0 Å². The first kappa shape index (κ1) is 49.5. The fourth-order valence-corrected chi connectivity index (χ4v) is 7.10. The number of aliphatic carboxylic acids is 1. The van der Waals surface area contributed by atoms with Gasteiger partial charge in [0, 0.05) is 12.8 Å². The van der Waals surface area contributed by atoms with Crippen LogP contribution in [0.15, 0.2) is 0 Å². The lowest BCUT2D eigenvalue weighted by Gasteiger charge is -2.20. The fraction of sp³-hybridized carbons (Fsp3) is 0.925. The van der Waals surface area contributed by atoms with Gasteiger partial charge in [0.15, 0.2) is 6.10 Å². The van der Waals surface area contributed by atoms with Gasteiger partial charge in [-0.2, -0.15) is 0 Å². The van der Waals surface area contributed by atoms with E-state index in [0.717, 1.165) is 51.4 Å². The molecule has 1 aliphatic heterocycles. The van der Waals surface area contributed by atoms with Gasteiger partial charge in [-0.05, 0) is 25.7 Å². The Bertz CT molecular complexity index is 984. The van der Waals surface area contributed by atoms with E-state index in [-0.39, 0.29) is 19.4 Å². The Morgan fingerprint density at radius 1 is 0.604 bits per heavy atom. The zero-order chi connectivity index (χ0) is 39.0. The first-order valence-corrected chi connectivity index (χ1v) is 22.7. The largest absolute Gasteiger partial charge is 0.480 e. The van der Waals surface area contributed by atoms with Crippen LogP contribution >= 0.6 is 7.82 Å². The molecule has 53 heavy (non-hydrogen) atoms. The van der Waals surface area contributed by atoms with Crippen molar-refractivity contribution in [2.45, 2.75) is 218 Å². The lowest BCUT2D eigenvalue weighted by Crippen LogP contribution is -2.34. The second-order valence-corrected chi connectivity index (χ2v) is 16.3. The Kier molecular flexibility index (Phi) is 30.5. The number of carbonyl (C=O) groups is 3. The Morgan fingerprint density at radius 2 is 1.00 bits per heavy atom. The van der Waals surface area contributed by atoms with E-state index in [4.69, 9.17) is 29.6 Å². The first-order valence-electron chi connectivity index (χ1n) is 21.2. The third-order valence-corrected chi connectivity index (χ3v) is 10.7. The summed E-state index contributed by atoms with van der Waals surface area (Å²) in [7, 11) is -4.71. The fourth-order valence-electron chi connectivity index (χ4n) is 6.32. The molecule has 0 aliphatic carbocycles. The molecule has 0 aromatic rings. The molecule has 1 saturated heterocycles. The maximum absolute atomic E-state index is 12.6. The van der Waals surface area contributed by atoms with E-state index in [0.29, 0.717) is 25.0 Å². The van der Waals surface area contributed by atoms with Crippen molar-refractivity contribution < 1.29 is 52.2 Å². The summed E-state index contributed by atoms with van der Waals surface area (Å²) < 4.78 is 38.5. The number of unbranched alkanes of at least 4 members (excludes halogenated alkanes) is 21. The summed E-state index contributed by atoms with van der Waals surface area (Å²) in [5, 5.41) is 8.88. The summed E-state index contributed by atoms with van der Waals surface area (Å²) in [4.78, 5) is 45.9. The quantitative estimate of drug-likeness (QED) is 0.0233. The van der Waals surface area contributed by atoms with E-state index < -0.39 is 51.1 Å². The third kappa shape index (κ3) is 30.4. The number of carboxylic acid groups (broad SMARTS) is 1. The van der Waals surface area contributed by atoms with Crippen molar-refractivity contribution >= 4 is 25.7 Å². The number of phosphoric acid groups is 1.